The van der Waals surface area contributed by atoms with E-state index in [1.807, 2.05) is 36.7 Å². The van der Waals surface area contributed by atoms with E-state index in [4.69, 9.17) is 4.99 Å². The number of halogens is 1. The number of hydrogen-bond acceptors (Lipinski definition) is 3. The molecule has 1 aliphatic carbocycles. The summed E-state index contributed by atoms with van der Waals surface area (Å²) in [5, 5.41) is 15.5. The third kappa shape index (κ3) is 5.64. The van der Waals surface area contributed by atoms with Gasteiger partial charge in [0.15, 0.2) is 11.8 Å². The predicted octanol–water partition coefficient (Wildman–Crippen LogP) is 4.10. The van der Waals surface area contributed by atoms with Crippen molar-refractivity contribution in [2.24, 2.45) is 12.0 Å². The van der Waals surface area contributed by atoms with Crippen LogP contribution in [0.4, 0.5) is 0 Å². The molecule has 0 saturated heterocycles. The molecule has 2 aromatic carbocycles. The van der Waals surface area contributed by atoms with Gasteiger partial charge in [-0.25, -0.2) is 4.99 Å². The second-order valence-corrected chi connectivity index (χ2v) is 8.08. The molecule has 7 heteroatoms. The van der Waals surface area contributed by atoms with Crippen molar-refractivity contribution in [1.29, 1.82) is 0 Å². The Balaban J connectivity index is 0.00000272. The topological polar surface area (TPSA) is 67.1 Å². The van der Waals surface area contributed by atoms with Crippen molar-refractivity contribution in [3.63, 3.8) is 0 Å². The van der Waals surface area contributed by atoms with Gasteiger partial charge in [-0.2, -0.15) is 0 Å². The van der Waals surface area contributed by atoms with Crippen molar-refractivity contribution in [1.82, 2.24) is 25.4 Å². The highest BCUT2D eigenvalue weighted by atomic mass is 127. The monoisotopic (exact) mass is 530 g/mol. The lowest BCUT2D eigenvalue weighted by Gasteiger charge is -2.43. The predicted molar refractivity (Wildman–Crippen MR) is 136 cm³/mol. The van der Waals surface area contributed by atoms with Gasteiger partial charge in [0, 0.05) is 19.0 Å². The molecule has 2 N–H and O–H groups in total. The summed E-state index contributed by atoms with van der Waals surface area (Å²) >= 11 is 0. The Kier molecular flexibility index (Phi) is 8.06. The van der Waals surface area contributed by atoms with Crippen molar-refractivity contribution in [2.45, 2.75) is 44.7 Å². The van der Waals surface area contributed by atoms with Crippen molar-refractivity contribution in [3.05, 3.63) is 83.4 Å². The molecule has 0 radical (unpaired) electrons. The molecule has 0 spiro atoms. The van der Waals surface area contributed by atoms with Gasteiger partial charge in [0.05, 0.1) is 13.1 Å². The van der Waals surface area contributed by atoms with Gasteiger partial charge >= 0.3 is 0 Å². The average Bonchev–Trinajstić information content (AvgIpc) is 3.08. The summed E-state index contributed by atoms with van der Waals surface area (Å²) in [4.78, 5) is 4.84. The number of aromatic nitrogens is 3. The molecule has 1 saturated carbocycles. The lowest BCUT2D eigenvalue weighted by Crippen LogP contribution is -2.48. The molecule has 0 aliphatic heterocycles. The minimum atomic E-state index is 0. The molecule has 0 unspecified atom stereocenters. The highest BCUT2D eigenvalue weighted by molar-refractivity contribution is 14.0. The summed E-state index contributed by atoms with van der Waals surface area (Å²) in [6, 6.07) is 21.2. The van der Waals surface area contributed by atoms with Crippen molar-refractivity contribution in [2.75, 3.05) is 6.54 Å². The molecule has 1 heterocycles. The molecule has 0 bridgehead atoms. The van der Waals surface area contributed by atoms with Crippen molar-refractivity contribution < 1.29 is 0 Å². The highest BCUT2D eigenvalue weighted by Gasteiger charge is 2.38. The Morgan fingerprint density at radius 1 is 1.00 bits per heavy atom. The Morgan fingerprint density at radius 2 is 1.68 bits per heavy atom. The Labute approximate surface area is 201 Å². The van der Waals surface area contributed by atoms with Crippen LogP contribution in [-0.2, 0) is 25.6 Å². The lowest BCUT2D eigenvalue weighted by atomic mass is 9.64. The Morgan fingerprint density at radius 3 is 2.26 bits per heavy atom. The lowest BCUT2D eigenvalue weighted by molar-refractivity contribution is 0.243. The van der Waals surface area contributed by atoms with Crippen LogP contribution in [0, 0.1) is 6.92 Å². The number of hydrogen-bond donors (Lipinski definition) is 2. The minimum Gasteiger partial charge on any atom is -0.355 e. The van der Waals surface area contributed by atoms with Gasteiger partial charge in [0.2, 0.25) is 0 Å². The van der Waals surface area contributed by atoms with Crippen molar-refractivity contribution in [3.8, 4) is 0 Å². The number of aliphatic imine (C=N–C) groups is 1. The fourth-order valence-electron chi connectivity index (χ4n) is 3.91. The zero-order valence-electron chi connectivity index (χ0n) is 18.2. The van der Waals surface area contributed by atoms with Crippen LogP contribution in [0.5, 0.6) is 0 Å². The standard InChI is InChI=1S/C24H30N6.HI/c1-19-28-29-22(30(19)2)17-26-23(25-16-20-10-5-3-6-11-20)27-18-24(14-9-15-24)21-12-7-4-8-13-21;/h3-8,10-13H,9,14-18H2,1-2H3,(H2,25,26,27);1H. The van der Waals surface area contributed by atoms with E-state index in [1.54, 1.807) is 0 Å². The number of guanidine groups is 1. The highest BCUT2D eigenvalue weighted by Crippen LogP contribution is 2.43. The Hall–Kier alpha value is -2.42. The normalized spacial score (nSPS) is 15.0. The van der Waals surface area contributed by atoms with Gasteiger partial charge in [-0.15, -0.1) is 34.2 Å². The van der Waals surface area contributed by atoms with E-state index in [2.05, 4.69) is 63.3 Å². The molecular formula is C24H31IN6. The number of nitrogens with one attached hydrogen (secondary N) is 2. The summed E-state index contributed by atoms with van der Waals surface area (Å²) in [5.74, 6) is 2.60. The summed E-state index contributed by atoms with van der Waals surface area (Å²) in [5.41, 5.74) is 2.79. The first-order chi connectivity index (χ1) is 14.7. The maximum atomic E-state index is 4.84. The van der Waals surface area contributed by atoms with Gasteiger partial charge in [0.1, 0.15) is 5.82 Å². The molecule has 1 aliphatic rings. The van der Waals surface area contributed by atoms with E-state index in [-0.39, 0.29) is 29.4 Å². The van der Waals surface area contributed by atoms with Crippen LogP contribution in [-0.4, -0.2) is 27.3 Å². The summed E-state index contributed by atoms with van der Waals surface area (Å²) < 4.78 is 2.00. The minimum absolute atomic E-state index is 0. The first-order valence-corrected chi connectivity index (χ1v) is 10.6. The Bertz CT molecular complexity index is 980. The van der Waals surface area contributed by atoms with Crippen LogP contribution in [0.2, 0.25) is 0 Å². The van der Waals surface area contributed by atoms with Gasteiger partial charge < -0.3 is 15.2 Å². The van der Waals surface area contributed by atoms with Gasteiger partial charge in [-0.05, 0) is 30.9 Å². The fraction of sp³-hybridized carbons (Fsp3) is 0.375. The smallest absolute Gasteiger partial charge is 0.192 e. The van der Waals surface area contributed by atoms with Gasteiger partial charge in [0.25, 0.3) is 0 Å². The molecule has 164 valence electrons. The van der Waals surface area contributed by atoms with Crippen LogP contribution in [0.1, 0.15) is 42.0 Å². The zero-order valence-corrected chi connectivity index (χ0v) is 20.5. The molecule has 0 atom stereocenters. The molecule has 3 aromatic rings. The third-order valence-electron chi connectivity index (χ3n) is 6.15. The first kappa shape index (κ1) is 23.2. The quantitative estimate of drug-likeness (QED) is 0.274. The van der Waals surface area contributed by atoms with Gasteiger partial charge in [-0.1, -0.05) is 67.1 Å². The SMILES string of the molecule is Cc1nnc(CNC(=NCc2ccccc2)NCC2(c3ccccc3)CCC2)n1C.I. The zero-order chi connectivity index (χ0) is 20.8. The van der Waals surface area contributed by atoms with Crippen LogP contribution in [0.15, 0.2) is 65.7 Å². The second-order valence-electron chi connectivity index (χ2n) is 8.08. The van der Waals surface area contributed by atoms with Crippen LogP contribution >= 0.6 is 24.0 Å². The van der Waals surface area contributed by atoms with Crippen LogP contribution in [0.3, 0.4) is 0 Å². The van der Waals surface area contributed by atoms with E-state index < -0.39 is 0 Å². The molecule has 0 amide bonds. The summed E-state index contributed by atoms with van der Waals surface area (Å²) in [7, 11) is 1.99. The molecule has 31 heavy (non-hydrogen) atoms. The molecule has 1 fully saturated rings. The van der Waals surface area contributed by atoms with E-state index in [9.17, 15) is 0 Å². The molecular weight excluding hydrogens is 499 g/mol. The molecule has 6 nitrogen and oxygen atoms in total. The fourth-order valence-corrected chi connectivity index (χ4v) is 3.91. The molecule has 4 rings (SSSR count). The van der Waals surface area contributed by atoms with Crippen LogP contribution in [0.25, 0.3) is 0 Å². The number of rotatable bonds is 7. The van der Waals surface area contributed by atoms with Gasteiger partial charge in [-0.3, -0.25) is 0 Å². The van der Waals surface area contributed by atoms with E-state index in [0.29, 0.717) is 13.1 Å². The van der Waals surface area contributed by atoms with E-state index in [0.717, 1.165) is 24.2 Å². The third-order valence-corrected chi connectivity index (χ3v) is 6.15. The summed E-state index contributed by atoms with van der Waals surface area (Å²) in [6.45, 7) is 4.04. The van der Waals surface area contributed by atoms with E-state index >= 15 is 0 Å². The first-order valence-electron chi connectivity index (χ1n) is 10.6. The second kappa shape index (κ2) is 10.7. The maximum absolute atomic E-state index is 4.84. The number of aryl methyl sites for hydroxylation is 1. The number of nitrogens with zero attached hydrogens (tertiary/aromatic N) is 4. The average molecular weight is 530 g/mol. The van der Waals surface area contributed by atoms with Crippen molar-refractivity contribution >= 4 is 29.9 Å². The van der Waals surface area contributed by atoms with Crippen LogP contribution < -0.4 is 10.6 Å². The maximum Gasteiger partial charge on any atom is 0.192 e. The van der Waals surface area contributed by atoms with E-state index in [1.165, 1.54) is 30.4 Å². The summed E-state index contributed by atoms with van der Waals surface area (Å²) in [6.07, 6.45) is 3.69. The largest absolute Gasteiger partial charge is 0.355 e. The number of benzene rings is 2. The molecule has 1 aromatic heterocycles.